The summed E-state index contributed by atoms with van der Waals surface area (Å²) in [7, 11) is 0. The van der Waals surface area contributed by atoms with Crippen LogP contribution in [0.3, 0.4) is 0 Å². The lowest BCUT2D eigenvalue weighted by molar-refractivity contribution is 0.0608. The van der Waals surface area contributed by atoms with Gasteiger partial charge in [0.15, 0.2) is 5.76 Å². The molecule has 33 heavy (non-hydrogen) atoms. The molecule has 6 heteroatoms. The number of aryl methyl sites for hydroxylation is 1. The van der Waals surface area contributed by atoms with Crippen LogP contribution in [0.2, 0.25) is 0 Å². The molecule has 1 amide bonds. The van der Waals surface area contributed by atoms with Gasteiger partial charge in [-0.25, -0.2) is 4.39 Å². The number of furan rings is 1. The van der Waals surface area contributed by atoms with E-state index in [1.54, 1.807) is 18.2 Å². The van der Waals surface area contributed by atoms with Crippen LogP contribution < -0.4 is 0 Å². The van der Waals surface area contributed by atoms with E-state index in [9.17, 15) is 9.18 Å². The Balaban J connectivity index is 1.45. The third-order valence-corrected chi connectivity index (χ3v) is 6.18. The van der Waals surface area contributed by atoms with E-state index < -0.39 is 0 Å². The first-order valence-corrected chi connectivity index (χ1v) is 11.6. The molecular weight excluding hydrogens is 417 g/mol. The molecule has 1 saturated heterocycles. The smallest absolute Gasteiger partial charge is 0.289 e. The SMILES string of the molecule is CCN1CCN(C(=O)c2ccc(CN(Cc3ccc(C)cc3)Cc3cccc(F)c3)o2)CC1. The fraction of sp³-hybridized carbons (Fsp3) is 0.370. The number of carbonyl (C=O) groups excluding carboxylic acids is 1. The molecule has 2 aromatic carbocycles. The predicted molar refractivity (Wildman–Crippen MR) is 127 cm³/mol. The lowest BCUT2D eigenvalue weighted by Gasteiger charge is -2.33. The van der Waals surface area contributed by atoms with Crippen molar-refractivity contribution in [3.05, 3.63) is 94.7 Å². The third-order valence-electron chi connectivity index (χ3n) is 6.18. The Hall–Kier alpha value is -2.96. The lowest BCUT2D eigenvalue weighted by atomic mass is 10.1. The Morgan fingerprint density at radius 1 is 0.939 bits per heavy atom. The number of hydrogen-bond acceptors (Lipinski definition) is 4. The molecule has 1 fully saturated rings. The number of nitrogens with zero attached hydrogens (tertiary/aromatic N) is 3. The van der Waals surface area contributed by atoms with E-state index in [1.807, 2.05) is 17.0 Å². The maximum atomic E-state index is 13.7. The fourth-order valence-electron chi connectivity index (χ4n) is 4.23. The molecule has 1 aliphatic rings. The van der Waals surface area contributed by atoms with Crippen molar-refractivity contribution in [3.8, 4) is 0 Å². The van der Waals surface area contributed by atoms with Crippen molar-refractivity contribution in [3.63, 3.8) is 0 Å². The van der Waals surface area contributed by atoms with Gasteiger partial charge in [0, 0.05) is 39.3 Å². The zero-order valence-electron chi connectivity index (χ0n) is 19.5. The highest BCUT2D eigenvalue weighted by Crippen LogP contribution is 2.19. The molecule has 174 valence electrons. The van der Waals surface area contributed by atoms with Crippen LogP contribution in [0.25, 0.3) is 0 Å². The monoisotopic (exact) mass is 449 g/mol. The van der Waals surface area contributed by atoms with Gasteiger partial charge in [0.05, 0.1) is 6.54 Å². The van der Waals surface area contributed by atoms with Crippen molar-refractivity contribution in [2.75, 3.05) is 32.7 Å². The van der Waals surface area contributed by atoms with Gasteiger partial charge in [0.25, 0.3) is 5.91 Å². The van der Waals surface area contributed by atoms with Gasteiger partial charge in [0.2, 0.25) is 0 Å². The molecule has 0 N–H and O–H groups in total. The molecule has 0 aliphatic carbocycles. The Morgan fingerprint density at radius 2 is 1.67 bits per heavy atom. The van der Waals surface area contributed by atoms with Crippen LogP contribution in [0.5, 0.6) is 0 Å². The highest BCUT2D eigenvalue weighted by molar-refractivity contribution is 5.91. The van der Waals surface area contributed by atoms with Crippen molar-refractivity contribution < 1.29 is 13.6 Å². The molecule has 0 saturated carbocycles. The molecule has 0 bridgehead atoms. The van der Waals surface area contributed by atoms with Gasteiger partial charge < -0.3 is 14.2 Å². The van der Waals surface area contributed by atoms with Crippen LogP contribution in [-0.2, 0) is 19.6 Å². The second-order valence-electron chi connectivity index (χ2n) is 8.75. The summed E-state index contributed by atoms with van der Waals surface area (Å²) in [6, 6.07) is 18.7. The Kier molecular flexibility index (Phi) is 7.57. The van der Waals surface area contributed by atoms with E-state index in [0.29, 0.717) is 25.4 Å². The summed E-state index contributed by atoms with van der Waals surface area (Å²) < 4.78 is 19.7. The van der Waals surface area contributed by atoms with Crippen LogP contribution in [0.1, 0.15) is 39.9 Å². The molecule has 1 aromatic heterocycles. The number of amides is 1. The molecule has 0 atom stereocenters. The van der Waals surface area contributed by atoms with Gasteiger partial charge in [-0.2, -0.15) is 0 Å². The number of halogens is 1. The van der Waals surface area contributed by atoms with Crippen LogP contribution in [0.15, 0.2) is 65.1 Å². The molecule has 3 aromatic rings. The molecule has 0 unspecified atom stereocenters. The zero-order chi connectivity index (χ0) is 23.2. The number of hydrogen-bond donors (Lipinski definition) is 0. The highest BCUT2D eigenvalue weighted by atomic mass is 19.1. The molecular formula is C27H32FN3O2. The van der Waals surface area contributed by atoms with Crippen LogP contribution in [0, 0.1) is 12.7 Å². The number of likely N-dealkylation sites (N-methyl/N-ethyl adjacent to an activating group) is 1. The quantitative estimate of drug-likeness (QED) is 0.500. The van der Waals surface area contributed by atoms with Gasteiger partial charge in [-0.3, -0.25) is 9.69 Å². The third kappa shape index (κ3) is 6.30. The summed E-state index contributed by atoms with van der Waals surface area (Å²) >= 11 is 0. The number of benzene rings is 2. The zero-order valence-corrected chi connectivity index (χ0v) is 19.5. The van der Waals surface area contributed by atoms with E-state index in [2.05, 4.69) is 47.9 Å². The molecule has 4 rings (SSSR count). The normalized spacial score (nSPS) is 14.7. The van der Waals surface area contributed by atoms with Gasteiger partial charge >= 0.3 is 0 Å². The summed E-state index contributed by atoms with van der Waals surface area (Å²) in [4.78, 5) is 19.3. The van der Waals surface area contributed by atoms with Crippen molar-refractivity contribution in [1.82, 2.24) is 14.7 Å². The molecule has 0 radical (unpaired) electrons. The minimum Gasteiger partial charge on any atom is -0.455 e. The summed E-state index contributed by atoms with van der Waals surface area (Å²) in [5, 5.41) is 0. The summed E-state index contributed by atoms with van der Waals surface area (Å²) in [6.07, 6.45) is 0. The van der Waals surface area contributed by atoms with E-state index in [-0.39, 0.29) is 11.7 Å². The van der Waals surface area contributed by atoms with Crippen molar-refractivity contribution in [2.45, 2.75) is 33.5 Å². The second kappa shape index (κ2) is 10.8. The number of piperazine rings is 1. The topological polar surface area (TPSA) is 39.9 Å². The standard InChI is InChI=1S/C27H32FN3O2/c1-3-29-13-15-31(16-14-29)27(32)26-12-11-25(33-26)20-30(18-22-9-7-21(2)8-10-22)19-23-5-4-6-24(28)17-23/h4-12,17H,3,13-16,18-20H2,1-2H3. The van der Waals surface area contributed by atoms with Gasteiger partial charge in [-0.1, -0.05) is 48.9 Å². The fourth-order valence-corrected chi connectivity index (χ4v) is 4.23. The molecule has 2 heterocycles. The lowest BCUT2D eigenvalue weighted by Crippen LogP contribution is -2.48. The summed E-state index contributed by atoms with van der Waals surface area (Å²) in [6.45, 7) is 10.3. The Morgan fingerprint density at radius 3 is 2.36 bits per heavy atom. The summed E-state index contributed by atoms with van der Waals surface area (Å²) in [5.41, 5.74) is 3.29. The Labute approximate surface area is 195 Å². The van der Waals surface area contributed by atoms with E-state index in [1.165, 1.54) is 17.2 Å². The summed E-state index contributed by atoms with van der Waals surface area (Å²) in [5.74, 6) is 0.828. The number of rotatable bonds is 8. The van der Waals surface area contributed by atoms with Gasteiger partial charge in [-0.15, -0.1) is 0 Å². The van der Waals surface area contributed by atoms with Crippen molar-refractivity contribution in [1.29, 1.82) is 0 Å². The second-order valence-corrected chi connectivity index (χ2v) is 8.75. The minimum atomic E-state index is -0.239. The van der Waals surface area contributed by atoms with E-state index in [4.69, 9.17) is 4.42 Å². The van der Waals surface area contributed by atoms with E-state index >= 15 is 0 Å². The maximum Gasteiger partial charge on any atom is 0.289 e. The van der Waals surface area contributed by atoms with Gasteiger partial charge in [-0.05, 0) is 48.9 Å². The van der Waals surface area contributed by atoms with Crippen molar-refractivity contribution >= 4 is 5.91 Å². The first kappa shape index (κ1) is 23.2. The maximum absolute atomic E-state index is 13.7. The highest BCUT2D eigenvalue weighted by Gasteiger charge is 2.24. The number of carbonyl (C=O) groups is 1. The first-order valence-electron chi connectivity index (χ1n) is 11.6. The minimum absolute atomic E-state index is 0.0489. The van der Waals surface area contributed by atoms with Crippen LogP contribution in [0.4, 0.5) is 4.39 Å². The van der Waals surface area contributed by atoms with Crippen molar-refractivity contribution in [2.24, 2.45) is 0 Å². The molecule has 5 nitrogen and oxygen atoms in total. The molecule has 1 aliphatic heterocycles. The van der Waals surface area contributed by atoms with E-state index in [0.717, 1.165) is 44.0 Å². The predicted octanol–water partition coefficient (Wildman–Crippen LogP) is 4.71. The van der Waals surface area contributed by atoms with Crippen LogP contribution in [-0.4, -0.2) is 53.3 Å². The average molecular weight is 450 g/mol. The van der Waals surface area contributed by atoms with Gasteiger partial charge in [0.1, 0.15) is 11.6 Å². The first-order chi connectivity index (χ1) is 16.0. The largest absolute Gasteiger partial charge is 0.455 e. The van der Waals surface area contributed by atoms with Crippen LogP contribution >= 0.6 is 0 Å². The Bertz CT molecular complexity index is 1060. The molecule has 0 spiro atoms. The average Bonchev–Trinajstić information content (AvgIpc) is 3.28.